The average Bonchev–Trinajstić information content (AvgIpc) is 3.61. The van der Waals surface area contributed by atoms with E-state index in [0.717, 1.165) is 64.3 Å². The van der Waals surface area contributed by atoms with Crippen LogP contribution < -0.4 is 0 Å². The van der Waals surface area contributed by atoms with Gasteiger partial charge in [-0.15, -0.1) is 0 Å². The molecule has 4 bridgehead atoms. The number of rotatable bonds is 1. The summed E-state index contributed by atoms with van der Waals surface area (Å²) in [7, 11) is 0. The summed E-state index contributed by atoms with van der Waals surface area (Å²) in [6, 6.07) is 0. The van der Waals surface area contributed by atoms with Crippen LogP contribution in [0.2, 0.25) is 0 Å². The van der Waals surface area contributed by atoms with Gasteiger partial charge in [0.1, 0.15) is 6.10 Å². The number of esters is 1. The molecule has 0 aromatic carbocycles. The fourth-order valence-electron chi connectivity index (χ4n) is 8.58. The number of nitrogens with zero attached hydrogens (tertiary/aromatic N) is 1. The number of carbonyl (C=O) groups is 1. The van der Waals surface area contributed by atoms with Gasteiger partial charge in [-0.05, 0) is 114 Å². The fraction of sp³-hybridized carbons (Fsp3) is 0.750. The smallest absolute Gasteiger partial charge is 0.334 e. The van der Waals surface area contributed by atoms with Crippen molar-refractivity contribution in [2.24, 2.45) is 22.2 Å². The highest BCUT2D eigenvalue weighted by Crippen LogP contribution is 2.54. The first-order chi connectivity index (χ1) is 18.3. The number of aliphatic imine (C=N–C) groups is 1. The van der Waals surface area contributed by atoms with Crippen molar-refractivity contribution in [3.05, 3.63) is 34.4 Å². The molecule has 9 atom stereocenters. The van der Waals surface area contributed by atoms with Gasteiger partial charge in [0.25, 0.3) is 0 Å². The summed E-state index contributed by atoms with van der Waals surface area (Å²) in [5.41, 5.74) is 5.82. The number of ether oxygens (including phenoxy) is 3. The van der Waals surface area contributed by atoms with Gasteiger partial charge in [-0.2, -0.15) is 0 Å². The predicted octanol–water partition coefficient (Wildman–Crippen LogP) is 5.64. The molecule has 6 aliphatic rings. The maximum atomic E-state index is 12.2. The fourth-order valence-corrected chi connectivity index (χ4v) is 8.58. The van der Waals surface area contributed by atoms with Crippen molar-refractivity contribution < 1.29 is 24.1 Å². The number of carbonyl (C=O) groups excluding carboxylic acids is 1. The largest absolute Gasteiger partial charge is 0.450 e. The molecule has 38 heavy (non-hydrogen) atoms. The van der Waals surface area contributed by atoms with E-state index in [2.05, 4.69) is 26.8 Å². The number of cyclic esters (lactones) is 1. The number of aliphatic hydroxyl groups is 1. The standard InChI is InChI=1S/C32H45NO5/c1-18-7-5-8-29-32(12-6-14-33-29)13-11-22(27-16-20(3)31(35)38-27)21(4)23(32)17-24(34)25-9-10-26(36-25)28-15-19(2)30(18)37-28/h7,16,19,23-28,30,34H,5-6,8-15,17H2,1-4H3/b18-7+. The number of hydrogen-bond donors (Lipinski definition) is 1. The van der Waals surface area contributed by atoms with Crippen LogP contribution in [0.25, 0.3) is 0 Å². The van der Waals surface area contributed by atoms with E-state index in [4.69, 9.17) is 19.2 Å². The van der Waals surface area contributed by atoms with Gasteiger partial charge in [0.2, 0.25) is 0 Å². The molecule has 0 radical (unpaired) electrons. The minimum atomic E-state index is -0.539. The van der Waals surface area contributed by atoms with Gasteiger partial charge in [0.15, 0.2) is 0 Å². The average molecular weight is 524 g/mol. The van der Waals surface area contributed by atoms with Crippen LogP contribution in [0.4, 0.5) is 0 Å². The first-order valence-electron chi connectivity index (χ1n) is 15.0. The van der Waals surface area contributed by atoms with Crippen LogP contribution in [-0.2, 0) is 19.0 Å². The van der Waals surface area contributed by atoms with E-state index in [1.807, 2.05) is 13.0 Å². The van der Waals surface area contributed by atoms with Crippen molar-refractivity contribution in [2.75, 3.05) is 6.54 Å². The first-order valence-corrected chi connectivity index (χ1v) is 15.0. The maximum Gasteiger partial charge on any atom is 0.334 e. The predicted molar refractivity (Wildman–Crippen MR) is 147 cm³/mol. The lowest BCUT2D eigenvalue weighted by atomic mass is 9.56. The molecule has 5 aliphatic heterocycles. The van der Waals surface area contributed by atoms with E-state index >= 15 is 0 Å². The molecule has 0 aromatic rings. The number of aliphatic hydroxyl groups excluding tert-OH is 1. The molecular formula is C32H45NO5. The minimum Gasteiger partial charge on any atom is -0.450 e. The Morgan fingerprint density at radius 1 is 1.03 bits per heavy atom. The molecule has 2 fully saturated rings. The summed E-state index contributed by atoms with van der Waals surface area (Å²) >= 11 is 0. The molecule has 0 saturated carbocycles. The topological polar surface area (TPSA) is 77.3 Å². The summed E-state index contributed by atoms with van der Waals surface area (Å²) in [6.07, 6.45) is 13.2. The third kappa shape index (κ3) is 4.54. The van der Waals surface area contributed by atoms with Crippen LogP contribution in [-0.4, -0.2) is 60.0 Å². The van der Waals surface area contributed by atoms with E-state index in [1.54, 1.807) is 0 Å². The second-order valence-corrected chi connectivity index (χ2v) is 12.9. The summed E-state index contributed by atoms with van der Waals surface area (Å²) in [5.74, 6) is 0.432. The zero-order valence-corrected chi connectivity index (χ0v) is 23.6. The Balaban J connectivity index is 1.38. The molecular weight excluding hydrogens is 478 g/mol. The molecule has 0 aromatic heterocycles. The molecule has 6 heteroatoms. The van der Waals surface area contributed by atoms with Crippen molar-refractivity contribution in [2.45, 2.75) is 129 Å². The van der Waals surface area contributed by atoms with Crippen LogP contribution in [0.15, 0.2) is 39.4 Å². The Morgan fingerprint density at radius 3 is 2.63 bits per heavy atom. The Kier molecular flexibility index (Phi) is 7.19. The lowest BCUT2D eigenvalue weighted by Gasteiger charge is -2.49. The third-order valence-corrected chi connectivity index (χ3v) is 10.6. The Morgan fingerprint density at radius 2 is 1.84 bits per heavy atom. The normalized spacial score (nSPS) is 45.2. The Hall–Kier alpha value is -1.76. The van der Waals surface area contributed by atoms with Gasteiger partial charge in [0, 0.05) is 23.2 Å². The SMILES string of the molecule is CC1=CC(C2=C(C)C3CC(O)C4CCC(O4)C4CC(C)C(O4)/C(C)=C/CCC4=NCCCC43CC2)OC1=O. The molecule has 6 nitrogen and oxygen atoms in total. The molecule has 1 N–H and O–H groups in total. The maximum absolute atomic E-state index is 12.2. The van der Waals surface area contributed by atoms with Crippen molar-refractivity contribution in [1.82, 2.24) is 0 Å². The van der Waals surface area contributed by atoms with Crippen LogP contribution >= 0.6 is 0 Å². The highest BCUT2D eigenvalue weighted by molar-refractivity contribution is 5.92. The van der Waals surface area contributed by atoms with E-state index in [0.29, 0.717) is 17.9 Å². The van der Waals surface area contributed by atoms with E-state index in [1.165, 1.54) is 22.4 Å². The van der Waals surface area contributed by atoms with Crippen molar-refractivity contribution >= 4 is 11.7 Å². The summed E-state index contributed by atoms with van der Waals surface area (Å²) in [6.45, 7) is 9.47. The molecule has 1 spiro atoms. The number of fused-ring (bicyclic) bond motifs is 5. The lowest BCUT2D eigenvalue weighted by Crippen LogP contribution is -2.47. The van der Waals surface area contributed by atoms with Crippen LogP contribution in [0.3, 0.4) is 0 Å². The number of hydrogen-bond acceptors (Lipinski definition) is 6. The van der Waals surface area contributed by atoms with Gasteiger partial charge < -0.3 is 19.3 Å². The highest BCUT2D eigenvalue weighted by atomic mass is 16.6. The van der Waals surface area contributed by atoms with Crippen molar-refractivity contribution in [3.8, 4) is 0 Å². The molecule has 208 valence electrons. The lowest BCUT2D eigenvalue weighted by molar-refractivity contribution is -0.138. The van der Waals surface area contributed by atoms with E-state index < -0.39 is 6.10 Å². The van der Waals surface area contributed by atoms with Gasteiger partial charge in [0.05, 0.1) is 30.5 Å². The first kappa shape index (κ1) is 26.5. The summed E-state index contributed by atoms with van der Waals surface area (Å²) in [5, 5.41) is 11.7. The monoisotopic (exact) mass is 523 g/mol. The molecule has 6 rings (SSSR count). The Bertz CT molecular complexity index is 1090. The molecule has 5 heterocycles. The van der Waals surface area contributed by atoms with Crippen LogP contribution in [0, 0.1) is 17.3 Å². The number of allylic oxidation sites excluding steroid dienone is 2. The third-order valence-electron chi connectivity index (χ3n) is 10.6. The van der Waals surface area contributed by atoms with E-state index in [9.17, 15) is 9.90 Å². The minimum absolute atomic E-state index is 0.0447. The highest BCUT2D eigenvalue weighted by Gasteiger charge is 2.50. The molecule has 2 saturated heterocycles. The second-order valence-electron chi connectivity index (χ2n) is 12.9. The summed E-state index contributed by atoms with van der Waals surface area (Å²) in [4.78, 5) is 17.4. The summed E-state index contributed by atoms with van der Waals surface area (Å²) < 4.78 is 18.9. The van der Waals surface area contributed by atoms with Gasteiger partial charge in [-0.1, -0.05) is 18.6 Å². The van der Waals surface area contributed by atoms with Gasteiger partial charge in [-0.25, -0.2) is 4.79 Å². The van der Waals surface area contributed by atoms with Gasteiger partial charge >= 0.3 is 5.97 Å². The second kappa shape index (κ2) is 10.3. The molecule has 0 amide bonds. The van der Waals surface area contributed by atoms with Crippen LogP contribution in [0.5, 0.6) is 0 Å². The molecule has 1 aliphatic carbocycles. The van der Waals surface area contributed by atoms with Crippen LogP contribution in [0.1, 0.15) is 91.9 Å². The Labute approximate surface area is 227 Å². The van der Waals surface area contributed by atoms with Crippen molar-refractivity contribution in [1.29, 1.82) is 0 Å². The zero-order chi connectivity index (χ0) is 26.6. The molecule has 9 unspecified atom stereocenters. The van der Waals surface area contributed by atoms with Gasteiger partial charge in [-0.3, -0.25) is 4.99 Å². The zero-order valence-electron chi connectivity index (χ0n) is 23.6. The van der Waals surface area contributed by atoms with E-state index in [-0.39, 0.29) is 47.8 Å². The van der Waals surface area contributed by atoms with Crippen molar-refractivity contribution in [3.63, 3.8) is 0 Å². The quantitative estimate of drug-likeness (QED) is 0.356.